The van der Waals surface area contributed by atoms with Crippen LogP contribution in [0.5, 0.6) is 0 Å². The van der Waals surface area contributed by atoms with Gasteiger partial charge in [-0.25, -0.2) is 13.1 Å². The van der Waals surface area contributed by atoms with Crippen molar-refractivity contribution in [3.05, 3.63) is 35.4 Å². The molecule has 0 radical (unpaired) electrons. The molecule has 1 aromatic carbocycles. The summed E-state index contributed by atoms with van der Waals surface area (Å²) in [6.07, 6.45) is 1.67. The first-order valence-corrected chi connectivity index (χ1v) is 9.00. The van der Waals surface area contributed by atoms with Crippen molar-refractivity contribution in [3.63, 3.8) is 0 Å². The van der Waals surface area contributed by atoms with Crippen LogP contribution >= 0.6 is 0 Å². The maximum atomic E-state index is 12.0. The normalized spacial score (nSPS) is 11.7. The van der Waals surface area contributed by atoms with Crippen molar-refractivity contribution in [2.24, 2.45) is 0 Å². The van der Waals surface area contributed by atoms with E-state index in [1.807, 2.05) is 38.2 Å². The summed E-state index contributed by atoms with van der Waals surface area (Å²) in [5.74, 6) is 0.0143. The van der Waals surface area contributed by atoms with Gasteiger partial charge in [-0.05, 0) is 31.0 Å². The molecule has 0 saturated carbocycles. The standard InChI is InChI=1S/C15H26N2O3S/c1-3-9-20-10-5-8-17-21(18,19)13-15-7-4-6-14(11-15)12-16-2/h4,6-7,11,16-17H,3,5,8-10,12-13H2,1-2H3. The zero-order chi connectivity index (χ0) is 15.6. The number of hydrogen-bond donors (Lipinski definition) is 2. The largest absolute Gasteiger partial charge is 0.381 e. The molecule has 0 aromatic heterocycles. The van der Waals surface area contributed by atoms with Crippen LogP contribution < -0.4 is 10.0 Å². The van der Waals surface area contributed by atoms with Crippen LogP contribution in [0.2, 0.25) is 0 Å². The summed E-state index contributed by atoms with van der Waals surface area (Å²) in [7, 11) is -1.42. The second-order valence-corrected chi connectivity index (χ2v) is 6.78. The summed E-state index contributed by atoms with van der Waals surface area (Å²) in [5.41, 5.74) is 1.88. The zero-order valence-electron chi connectivity index (χ0n) is 12.9. The Kier molecular flexibility index (Phi) is 8.52. The molecule has 0 unspecified atom stereocenters. The van der Waals surface area contributed by atoms with Crippen LogP contribution in [0.1, 0.15) is 30.9 Å². The first-order chi connectivity index (χ1) is 10.1. The topological polar surface area (TPSA) is 67.4 Å². The average Bonchev–Trinajstić information content (AvgIpc) is 2.43. The maximum absolute atomic E-state index is 12.0. The Hall–Kier alpha value is -0.950. The molecular formula is C15H26N2O3S. The quantitative estimate of drug-likeness (QED) is 0.609. The van der Waals surface area contributed by atoms with Crippen molar-refractivity contribution in [3.8, 4) is 0 Å². The van der Waals surface area contributed by atoms with Crippen LogP contribution in [0.25, 0.3) is 0 Å². The van der Waals surface area contributed by atoms with Crippen LogP contribution in [0.15, 0.2) is 24.3 Å². The molecule has 5 nitrogen and oxygen atoms in total. The fourth-order valence-corrected chi connectivity index (χ4v) is 3.13. The molecule has 0 heterocycles. The number of ether oxygens (including phenoxy) is 1. The molecule has 0 aliphatic heterocycles. The van der Waals surface area contributed by atoms with E-state index in [-0.39, 0.29) is 5.75 Å². The summed E-state index contributed by atoms with van der Waals surface area (Å²) >= 11 is 0. The Morgan fingerprint density at radius 1 is 1.19 bits per heavy atom. The highest BCUT2D eigenvalue weighted by atomic mass is 32.2. The number of nitrogens with one attached hydrogen (secondary N) is 2. The van der Waals surface area contributed by atoms with Gasteiger partial charge in [-0.3, -0.25) is 0 Å². The Labute approximate surface area is 128 Å². The predicted octanol–water partition coefficient (Wildman–Crippen LogP) is 1.64. The lowest BCUT2D eigenvalue weighted by Crippen LogP contribution is -2.27. The molecule has 0 spiro atoms. The van der Waals surface area contributed by atoms with Crippen molar-refractivity contribution < 1.29 is 13.2 Å². The summed E-state index contributed by atoms with van der Waals surface area (Å²) in [6, 6.07) is 7.62. The van der Waals surface area contributed by atoms with E-state index in [1.165, 1.54) is 0 Å². The highest BCUT2D eigenvalue weighted by molar-refractivity contribution is 7.88. The number of rotatable bonds is 11. The van der Waals surface area contributed by atoms with Crippen LogP contribution in [0, 0.1) is 0 Å². The van der Waals surface area contributed by atoms with Gasteiger partial charge in [-0.15, -0.1) is 0 Å². The van der Waals surface area contributed by atoms with Gasteiger partial charge in [-0.2, -0.15) is 0 Å². The van der Waals surface area contributed by atoms with E-state index < -0.39 is 10.0 Å². The number of benzene rings is 1. The molecule has 0 saturated heterocycles. The third kappa shape index (κ3) is 8.16. The minimum atomic E-state index is -3.29. The van der Waals surface area contributed by atoms with Gasteiger partial charge in [-0.1, -0.05) is 31.2 Å². The Bertz CT molecular complexity index is 503. The summed E-state index contributed by atoms with van der Waals surface area (Å²) < 4.78 is 31.9. The summed E-state index contributed by atoms with van der Waals surface area (Å²) in [4.78, 5) is 0. The van der Waals surface area contributed by atoms with E-state index in [2.05, 4.69) is 10.0 Å². The lowest BCUT2D eigenvalue weighted by atomic mass is 10.1. The molecule has 2 N–H and O–H groups in total. The first kappa shape index (κ1) is 18.1. The van der Waals surface area contributed by atoms with Crippen LogP contribution in [0.4, 0.5) is 0 Å². The maximum Gasteiger partial charge on any atom is 0.215 e. The van der Waals surface area contributed by atoms with Crippen molar-refractivity contribution in [2.75, 3.05) is 26.8 Å². The zero-order valence-corrected chi connectivity index (χ0v) is 13.7. The van der Waals surface area contributed by atoms with Crippen molar-refractivity contribution >= 4 is 10.0 Å². The highest BCUT2D eigenvalue weighted by Gasteiger charge is 2.11. The van der Waals surface area contributed by atoms with Crippen LogP contribution in [-0.4, -0.2) is 35.2 Å². The van der Waals surface area contributed by atoms with E-state index in [0.29, 0.717) is 19.6 Å². The molecule has 0 amide bonds. The third-order valence-corrected chi connectivity index (χ3v) is 4.22. The Morgan fingerprint density at radius 2 is 1.95 bits per heavy atom. The number of sulfonamides is 1. The van der Waals surface area contributed by atoms with Gasteiger partial charge in [0.05, 0.1) is 5.75 Å². The molecular weight excluding hydrogens is 288 g/mol. The minimum absolute atomic E-state index is 0.0143. The van der Waals surface area contributed by atoms with Gasteiger partial charge in [0.15, 0.2) is 0 Å². The third-order valence-electron chi connectivity index (χ3n) is 2.86. The fourth-order valence-electron chi connectivity index (χ4n) is 1.95. The molecule has 1 aromatic rings. The lowest BCUT2D eigenvalue weighted by molar-refractivity contribution is 0.133. The van der Waals surface area contributed by atoms with Crippen molar-refractivity contribution in [2.45, 2.75) is 32.1 Å². The lowest BCUT2D eigenvalue weighted by Gasteiger charge is -2.08. The molecule has 0 aliphatic carbocycles. The van der Waals surface area contributed by atoms with Crippen molar-refractivity contribution in [1.82, 2.24) is 10.0 Å². The molecule has 0 aliphatic rings. The first-order valence-electron chi connectivity index (χ1n) is 7.35. The van der Waals surface area contributed by atoms with Gasteiger partial charge in [0.2, 0.25) is 10.0 Å². The van der Waals surface area contributed by atoms with Crippen molar-refractivity contribution in [1.29, 1.82) is 0 Å². The monoisotopic (exact) mass is 314 g/mol. The molecule has 21 heavy (non-hydrogen) atoms. The summed E-state index contributed by atoms with van der Waals surface area (Å²) in [5, 5.41) is 3.05. The van der Waals surface area contributed by atoms with Gasteiger partial charge in [0.1, 0.15) is 0 Å². The van der Waals surface area contributed by atoms with Gasteiger partial charge < -0.3 is 10.1 Å². The molecule has 1 rings (SSSR count). The molecule has 0 atom stereocenters. The predicted molar refractivity (Wildman–Crippen MR) is 85.6 cm³/mol. The smallest absolute Gasteiger partial charge is 0.215 e. The summed E-state index contributed by atoms with van der Waals surface area (Å²) in [6.45, 7) is 4.52. The average molecular weight is 314 g/mol. The van der Waals surface area contributed by atoms with E-state index >= 15 is 0 Å². The Morgan fingerprint density at radius 3 is 2.67 bits per heavy atom. The second-order valence-electron chi connectivity index (χ2n) is 4.97. The second kappa shape index (κ2) is 9.89. The minimum Gasteiger partial charge on any atom is -0.381 e. The van der Waals surface area contributed by atoms with Crippen LogP contribution in [-0.2, 0) is 27.1 Å². The van der Waals surface area contributed by atoms with Gasteiger partial charge in [0.25, 0.3) is 0 Å². The molecule has 0 fully saturated rings. The van der Waals surface area contributed by atoms with E-state index in [9.17, 15) is 8.42 Å². The van der Waals surface area contributed by atoms with E-state index in [1.54, 1.807) is 0 Å². The van der Waals surface area contributed by atoms with Crippen LogP contribution in [0.3, 0.4) is 0 Å². The van der Waals surface area contributed by atoms with Gasteiger partial charge in [0, 0.05) is 26.3 Å². The Balaban J connectivity index is 2.39. The molecule has 120 valence electrons. The molecule has 0 bridgehead atoms. The number of hydrogen-bond acceptors (Lipinski definition) is 4. The fraction of sp³-hybridized carbons (Fsp3) is 0.600. The van der Waals surface area contributed by atoms with E-state index in [0.717, 1.165) is 30.7 Å². The molecule has 6 heteroatoms. The van der Waals surface area contributed by atoms with E-state index in [4.69, 9.17) is 4.74 Å². The van der Waals surface area contributed by atoms with Gasteiger partial charge >= 0.3 is 0 Å². The SMILES string of the molecule is CCCOCCCNS(=O)(=O)Cc1cccc(CNC)c1. The highest BCUT2D eigenvalue weighted by Crippen LogP contribution is 2.08.